The molecule has 0 aromatic heterocycles. The normalized spacial score (nSPS) is 11.4. The molecule has 0 aliphatic rings. The number of nitrogens with one attached hydrogen (secondary N) is 1. The highest BCUT2D eigenvalue weighted by Gasteiger charge is 2.30. The third-order valence-electron chi connectivity index (χ3n) is 4.81. The van der Waals surface area contributed by atoms with Crippen LogP contribution in [-0.4, -0.2) is 11.5 Å². The Bertz CT molecular complexity index is 975. The third kappa shape index (κ3) is 5.69. The van der Waals surface area contributed by atoms with E-state index in [1.807, 2.05) is 24.3 Å². The molecule has 1 N–H and O–H groups in total. The number of anilines is 1. The number of hydrogen-bond donors (Lipinski definition) is 1. The number of halogens is 1. The van der Waals surface area contributed by atoms with Gasteiger partial charge in [0.05, 0.1) is 0 Å². The van der Waals surface area contributed by atoms with E-state index in [-0.39, 0.29) is 11.7 Å². The fourth-order valence-corrected chi connectivity index (χ4v) is 3.18. The smallest absolute Gasteiger partial charge is 0.267 e. The maximum atomic E-state index is 13.1. The van der Waals surface area contributed by atoms with Crippen molar-refractivity contribution in [2.45, 2.75) is 39.7 Å². The number of ether oxygens (including phenoxy) is 1. The van der Waals surface area contributed by atoms with Gasteiger partial charge in [0.1, 0.15) is 11.6 Å². The Morgan fingerprint density at radius 1 is 0.900 bits per heavy atom. The average Bonchev–Trinajstić information content (AvgIpc) is 2.70. The summed E-state index contributed by atoms with van der Waals surface area (Å²) in [6.45, 7) is 7.79. The van der Waals surface area contributed by atoms with Crippen molar-refractivity contribution in [3.05, 3.63) is 84.2 Å². The maximum Gasteiger partial charge on any atom is 0.267 e. The average molecular weight is 406 g/mol. The lowest BCUT2D eigenvalue weighted by Gasteiger charge is -2.25. The first-order chi connectivity index (χ1) is 14.2. The summed E-state index contributed by atoms with van der Waals surface area (Å²) in [7, 11) is 0. The summed E-state index contributed by atoms with van der Waals surface area (Å²) in [5.74, 6) is 0.444. The Hall–Kier alpha value is -3.14. The molecule has 0 fully saturated rings. The highest BCUT2D eigenvalue weighted by atomic mass is 19.1. The standard InChI is InChI=1S/C26H28FNO2/c1-18(2)17-19-5-7-20(8-6-19)21-9-13-23(14-10-21)28-25(29)26(3,4)30-24-15-11-22(27)12-16-24/h5-16,18H,17H2,1-4H3,(H,28,29). The Morgan fingerprint density at radius 3 is 1.97 bits per heavy atom. The van der Waals surface area contributed by atoms with E-state index < -0.39 is 5.60 Å². The van der Waals surface area contributed by atoms with Gasteiger partial charge in [0.2, 0.25) is 0 Å². The maximum absolute atomic E-state index is 13.1. The summed E-state index contributed by atoms with van der Waals surface area (Å²) in [5.41, 5.74) is 3.14. The largest absolute Gasteiger partial charge is 0.478 e. The van der Waals surface area contributed by atoms with Gasteiger partial charge in [0.25, 0.3) is 5.91 Å². The van der Waals surface area contributed by atoms with Crippen LogP contribution in [0.5, 0.6) is 5.75 Å². The Kier molecular flexibility index (Phi) is 6.56. The van der Waals surface area contributed by atoms with Gasteiger partial charge >= 0.3 is 0 Å². The molecule has 0 heterocycles. The third-order valence-corrected chi connectivity index (χ3v) is 4.81. The van der Waals surface area contributed by atoms with Crippen molar-refractivity contribution in [3.63, 3.8) is 0 Å². The molecule has 3 rings (SSSR count). The minimum atomic E-state index is -1.11. The van der Waals surface area contributed by atoms with Crippen LogP contribution in [0.15, 0.2) is 72.8 Å². The molecule has 1 amide bonds. The van der Waals surface area contributed by atoms with Crippen LogP contribution in [0.1, 0.15) is 33.3 Å². The number of benzene rings is 3. The molecular formula is C26H28FNO2. The molecule has 30 heavy (non-hydrogen) atoms. The lowest BCUT2D eigenvalue weighted by molar-refractivity contribution is -0.128. The van der Waals surface area contributed by atoms with Crippen LogP contribution in [-0.2, 0) is 11.2 Å². The molecule has 0 unspecified atom stereocenters. The Labute approximate surface area is 177 Å². The van der Waals surface area contributed by atoms with Gasteiger partial charge in [-0.15, -0.1) is 0 Å². The minimum absolute atomic E-state index is 0.280. The predicted molar refractivity (Wildman–Crippen MR) is 120 cm³/mol. The first-order valence-corrected chi connectivity index (χ1v) is 10.2. The van der Waals surface area contributed by atoms with Crippen LogP contribution in [0, 0.1) is 11.7 Å². The zero-order chi connectivity index (χ0) is 21.7. The van der Waals surface area contributed by atoms with Crippen LogP contribution < -0.4 is 10.1 Å². The van der Waals surface area contributed by atoms with Gasteiger partial charge in [-0.05, 0) is 79.3 Å². The summed E-state index contributed by atoms with van der Waals surface area (Å²) >= 11 is 0. The van der Waals surface area contributed by atoms with Crippen LogP contribution >= 0.6 is 0 Å². The molecule has 156 valence electrons. The second kappa shape index (κ2) is 9.12. The predicted octanol–water partition coefficient (Wildman–Crippen LogP) is 6.49. The zero-order valence-corrected chi connectivity index (χ0v) is 17.9. The summed E-state index contributed by atoms with van der Waals surface area (Å²) < 4.78 is 18.8. The van der Waals surface area contributed by atoms with Gasteiger partial charge in [0.15, 0.2) is 5.60 Å². The van der Waals surface area contributed by atoms with Crippen LogP contribution in [0.4, 0.5) is 10.1 Å². The van der Waals surface area contributed by atoms with Gasteiger partial charge in [-0.25, -0.2) is 4.39 Å². The van der Waals surface area contributed by atoms with E-state index in [4.69, 9.17) is 4.74 Å². The van der Waals surface area contributed by atoms with Gasteiger partial charge in [-0.1, -0.05) is 50.2 Å². The quantitative estimate of drug-likeness (QED) is 0.488. The van der Waals surface area contributed by atoms with Crippen molar-refractivity contribution in [1.29, 1.82) is 0 Å². The van der Waals surface area contributed by atoms with E-state index in [1.165, 1.54) is 29.8 Å². The molecule has 0 atom stereocenters. The highest BCUT2D eigenvalue weighted by Crippen LogP contribution is 2.24. The molecule has 3 aromatic rings. The van der Waals surface area contributed by atoms with Crippen molar-refractivity contribution in [1.82, 2.24) is 0 Å². The fraction of sp³-hybridized carbons (Fsp3) is 0.269. The summed E-state index contributed by atoms with van der Waals surface area (Å²) in [6.07, 6.45) is 1.07. The SMILES string of the molecule is CC(C)Cc1ccc(-c2ccc(NC(=O)C(C)(C)Oc3ccc(F)cc3)cc2)cc1. The Balaban J connectivity index is 1.64. The summed E-state index contributed by atoms with van der Waals surface area (Å²) in [5, 5.41) is 2.89. The first-order valence-electron chi connectivity index (χ1n) is 10.2. The second-order valence-corrected chi connectivity index (χ2v) is 8.39. The molecule has 3 aromatic carbocycles. The lowest BCUT2D eigenvalue weighted by Crippen LogP contribution is -2.42. The van der Waals surface area contributed by atoms with E-state index in [0.717, 1.165) is 17.5 Å². The number of carbonyl (C=O) groups is 1. The van der Waals surface area contributed by atoms with Crippen molar-refractivity contribution < 1.29 is 13.9 Å². The number of amides is 1. The Morgan fingerprint density at radius 2 is 1.43 bits per heavy atom. The van der Waals surface area contributed by atoms with Crippen LogP contribution in [0.25, 0.3) is 11.1 Å². The second-order valence-electron chi connectivity index (χ2n) is 8.39. The monoisotopic (exact) mass is 405 g/mol. The van der Waals surface area contributed by atoms with Crippen molar-refractivity contribution in [2.75, 3.05) is 5.32 Å². The summed E-state index contributed by atoms with van der Waals surface area (Å²) in [4.78, 5) is 12.7. The van der Waals surface area contributed by atoms with Crippen molar-refractivity contribution >= 4 is 11.6 Å². The van der Waals surface area contributed by atoms with E-state index in [9.17, 15) is 9.18 Å². The van der Waals surface area contributed by atoms with Gasteiger partial charge < -0.3 is 10.1 Å². The molecule has 0 radical (unpaired) electrons. The van der Waals surface area contributed by atoms with E-state index in [1.54, 1.807) is 13.8 Å². The molecule has 0 bridgehead atoms. The highest BCUT2D eigenvalue weighted by molar-refractivity contribution is 5.97. The topological polar surface area (TPSA) is 38.3 Å². The molecule has 3 nitrogen and oxygen atoms in total. The van der Waals surface area contributed by atoms with Crippen LogP contribution in [0.2, 0.25) is 0 Å². The van der Waals surface area contributed by atoms with E-state index in [0.29, 0.717) is 17.4 Å². The zero-order valence-electron chi connectivity index (χ0n) is 17.9. The van der Waals surface area contributed by atoms with E-state index in [2.05, 4.69) is 43.4 Å². The van der Waals surface area contributed by atoms with E-state index >= 15 is 0 Å². The van der Waals surface area contributed by atoms with Gasteiger partial charge in [0, 0.05) is 5.69 Å². The molecule has 0 aliphatic heterocycles. The van der Waals surface area contributed by atoms with Crippen molar-refractivity contribution in [2.24, 2.45) is 5.92 Å². The van der Waals surface area contributed by atoms with Gasteiger partial charge in [-0.3, -0.25) is 4.79 Å². The summed E-state index contributed by atoms with van der Waals surface area (Å²) in [6, 6.07) is 21.9. The number of rotatable bonds is 7. The minimum Gasteiger partial charge on any atom is -0.478 e. The fourth-order valence-electron chi connectivity index (χ4n) is 3.18. The number of carbonyl (C=O) groups excluding carboxylic acids is 1. The molecule has 0 saturated heterocycles. The lowest BCUT2D eigenvalue weighted by atomic mass is 9.99. The molecule has 0 saturated carbocycles. The molecule has 0 aliphatic carbocycles. The van der Waals surface area contributed by atoms with Crippen molar-refractivity contribution in [3.8, 4) is 16.9 Å². The first kappa shape index (κ1) is 21.6. The molecule has 0 spiro atoms. The van der Waals surface area contributed by atoms with Crippen LogP contribution in [0.3, 0.4) is 0 Å². The number of hydrogen-bond acceptors (Lipinski definition) is 2. The molecule has 4 heteroatoms. The molecular weight excluding hydrogens is 377 g/mol. The van der Waals surface area contributed by atoms with Gasteiger partial charge in [-0.2, -0.15) is 0 Å².